The molecule has 1 amide bonds. The van der Waals surface area contributed by atoms with Crippen LogP contribution in [-0.4, -0.2) is 84.5 Å². The molecule has 1 saturated heterocycles. The van der Waals surface area contributed by atoms with Crippen molar-refractivity contribution in [1.29, 1.82) is 0 Å². The molecular formula is C19H37N3O3. The van der Waals surface area contributed by atoms with Gasteiger partial charge in [0.1, 0.15) is 11.8 Å². The van der Waals surface area contributed by atoms with Crippen molar-refractivity contribution in [3.63, 3.8) is 0 Å². The van der Waals surface area contributed by atoms with Crippen LogP contribution in [0, 0.1) is 11.8 Å². The Bertz CT molecular complexity index is 422. The maximum Gasteiger partial charge on any atom is 0.410 e. The SMILES string of the molecule is CN1CCN(C(O)C2CCC(CN(C)C(=O)OC(C)(C)C)CC2)CC1. The lowest BCUT2D eigenvalue weighted by atomic mass is 9.80. The molecular weight excluding hydrogens is 318 g/mol. The first-order chi connectivity index (χ1) is 11.7. The molecule has 1 unspecified atom stereocenters. The number of likely N-dealkylation sites (N-methyl/N-ethyl adjacent to an activating group) is 1. The molecule has 0 spiro atoms. The molecule has 2 rings (SSSR count). The van der Waals surface area contributed by atoms with Crippen molar-refractivity contribution in [3.05, 3.63) is 0 Å². The van der Waals surface area contributed by atoms with Crippen LogP contribution in [0.25, 0.3) is 0 Å². The van der Waals surface area contributed by atoms with Gasteiger partial charge >= 0.3 is 6.09 Å². The highest BCUT2D eigenvalue weighted by Crippen LogP contribution is 2.32. The summed E-state index contributed by atoms with van der Waals surface area (Å²) in [5.41, 5.74) is -0.449. The lowest BCUT2D eigenvalue weighted by Crippen LogP contribution is -2.51. The third-order valence-electron chi connectivity index (χ3n) is 5.46. The van der Waals surface area contributed by atoms with E-state index in [4.69, 9.17) is 4.74 Å². The number of rotatable bonds is 4. The van der Waals surface area contributed by atoms with Gasteiger partial charge in [0.15, 0.2) is 0 Å². The fourth-order valence-corrected chi connectivity index (χ4v) is 3.86. The second-order valence-electron chi connectivity index (χ2n) is 8.89. The predicted octanol–water partition coefficient (Wildman–Crippen LogP) is 2.23. The van der Waals surface area contributed by atoms with E-state index in [1.165, 1.54) is 0 Å². The number of aliphatic hydroxyl groups excluding tert-OH is 1. The number of piperazine rings is 1. The van der Waals surface area contributed by atoms with E-state index in [1.807, 2.05) is 27.8 Å². The van der Waals surface area contributed by atoms with Crippen molar-refractivity contribution in [2.75, 3.05) is 46.8 Å². The Kier molecular flexibility index (Phi) is 7.11. The van der Waals surface area contributed by atoms with E-state index in [2.05, 4.69) is 16.8 Å². The summed E-state index contributed by atoms with van der Waals surface area (Å²) in [4.78, 5) is 18.3. The zero-order valence-electron chi connectivity index (χ0n) is 16.7. The van der Waals surface area contributed by atoms with E-state index < -0.39 is 5.60 Å². The molecule has 1 atom stereocenters. The van der Waals surface area contributed by atoms with Gasteiger partial charge in [-0.3, -0.25) is 4.90 Å². The highest BCUT2D eigenvalue weighted by molar-refractivity contribution is 5.67. The topological polar surface area (TPSA) is 56.2 Å². The van der Waals surface area contributed by atoms with Gasteiger partial charge in [-0.05, 0) is 65.3 Å². The van der Waals surface area contributed by atoms with Crippen molar-refractivity contribution < 1.29 is 14.6 Å². The normalized spacial score (nSPS) is 27.8. The van der Waals surface area contributed by atoms with Gasteiger partial charge in [-0.1, -0.05) is 0 Å². The Morgan fingerprint density at radius 3 is 2.24 bits per heavy atom. The third-order valence-corrected chi connectivity index (χ3v) is 5.46. The zero-order chi connectivity index (χ0) is 18.6. The maximum absolute atomic E-state index is 12.1. The summed E-state index contributed by atoms with van der Waals surface area (Å²) < 4.78 is 5.42. The van der Waals surface area contributed by atoms with E-state index >= 15 is 0 Å². The molecule has 0 aromatic rings. The van der Waals surface area contributed by atoms with E-state index in [-0.39, 0.29) is 12.3 Å². The van der Waals surface area contributed by atoms with Gasteiger partial charge in [-0.15, -0.1) is 0 Å². The highest BCUT2D eigenvalue weighted by atomic mass is 16.6. The molecule has 0 aromatic heterocycles. The van der Waals surface area contributed by atoms with Crippen LogP contribution >= 0.6 is 0 Å². The van der Waals surface area contributed by atoms with Crippen molar-refractivity contribution in [3.8, 4) is 0 Å². The van der Waals surface area contributed by atoms with Crippen LogP contribution in [0.2, 0.25) is 0 Å². The number of hydrogen-bond donors (Lipinski definition) is 1. The van der Waals surface area contributed by atoms with Crippen LogP contribution in [0.4, 0.5) is 4.79 Å². The minimum absolute atomic E-state index is 0.243. The second-order valence-corrected chi connectivity index (χ2v) is 8.89. The summed E-state index contributed by atoms with van der Waals surface area (Å²) in [5, 5.41) is 10.7. The van der Waals surface area contributed by atoms with Gasteiger partial charge in [0.05, 0.1) is 0 Å². The molecule has 0 bridgehead atoms. The Labute approximate surface area is 153 Å². The Morgan fingerprint density at radius 2 is 1.72 bits per heavy atom. The van der Waals surface area contributed by atoms with Crippen LogP contribution in [-0.2, 0) is 4.74 Å². The summed E-state index contributed by atoms with van der Waals surface area (Å²) in [6.07, 6.45) is 3.68. The van der Waals surface area contributed by atoms with Gasteiger partial charge in [-0.25, -0.2) is 4.79 Å². The highest BCUT2D eigenvalue weighted by Gasteiger charge is 2.32. The van der Waals surface area contributed by atoms with Crippen LogP contribution in [0.1, 0.15) is 46.5 Å². The summed E-state index contributed by atoms with van der Waals surface area (Å²) in [5.74, 6) is 0.875. The number of hydrogen-bond acceptors (Lipinski definition) is 5. The predicted molar refractivity (Wildman–Crippen MR) is 99.4 cm³/mol. The lowest BCUT2D eigenvalue weighted by molar-refractivity contribution is -0.0710. The first-order valence-corrected chi connectivity index (χ1v) is 9.70. The number of amides is 1. The molecule has 1 aliphatic heterocycles. The Hall–Kier alpha value is -0.850. The molecule has 1 heterocycles. The molecule has 0 radical (unpaired) electrons. The fraction of sp³-hybridized carbons (Fsp3) is 0.947. The minimum Gasteiger partial charge on any atom is -0.444 e. The molecule has 25 heavy (non-hydrogen) atoms. The molecule has 0 aromatic carbocycles. The van der Waals surface area contributed by atoms with Gasteiger partial charge in [0, 0.05) is 39.8 Å². The van der Waals surface area contributed by atoms with Crippen LogP contribution in [0.5, 0.6) is 0 Å². The number of carbonyl (C=O) groups is 1. The number of carbonyl (C=O) groups excluding carboxylic acids is 1. The first-order valence-electron chi connectivity index (χ1n) is 9.70. The quantitative estimate of drug-likeness (QED) is 0.838. The van der Waals surface area contributed by atoms with Gasteiger partial charge in [0.2, 0.25) is 0 Å². The van der Waals surface area contributed by atoms with E-state index in [1.54, 1.807) is 4.90 Å². The number of aliphatic hydroxyl groups is 1. The van der Waals surface area contributed by atoms with Gasteiger partial charge in [-0.2, -0.15) is 0 Å². The largest absolute Gasteiger partial charge is 0.444 e. The average molecular weight is 356 g/mol. The average Bonchev–Trinajstić information content (AvgIpc) is 2.54. The van der Waals surface area contributed by atoms with Crippen molar-refractivity contribution in [2.24, 2.45) is 11.8 Å². The van der Waals surface area contributed by atoms with Crippen LogP contribution in [0.3, 0.4) is 0 Å². The Balaban J connectivity index is 1.73. The van der Waals surface area contributed by atoms with Crippen LogP contribution in [0.15, 0.2) is 0 Å². The monoisotopic (exact) mass is 355 g/mol. The fourth-order valence-electron chi connectivity index (χ4n) is 3.86. The van der Waals surface area contributed by atoms with Crippen molar-refractivity contribution in [1.82, 2.24) is 14.7 Å². The first kappa shape index (κ1) is 20.5. The molecule has 146 valence electrons. The summed E-state index contributed by atoms with van der Waals surface area (Å²) >= 11 is 0. The molecule has 1 saturated carbocycles. The molecule has 2 aliphatic rings. The van der Waals surface area contributed by atoms with Gasteiger partial charge < -0.3 is 19.6 Å². The van der Waals surface area contributed by atoms with Gasteiger partial charge in [0.25, 0.3) is 0 Å². The zero-order valence-corrected chi connectivity index (χ0v) is 16.7. The number of ether oxygens (including phenoxy) is 1. The van der Waals surface area contributed by atoms with Crippen molar-refractivity contribution >= 4 is 6.09 Å². The molecule has 1 aliphatic carbocycles. The summed E-state index contributed by atoms with van der Waals surface area (Å²) in [6.45, 7) is 10.4. The van der Waals surface area contributed by atoms with Crippen molar-refractivity contribution in [2.45, 2.75) is 58.3 Å². The Morgan fingerprint density at radius 1 is 1.16 bits per heavy atom. The molecule has 6 nitrogen and oxygen atoms in total. The molecule has 6 heteroatoms. The third kappa shape index (κ3) is 6.42. The summed E-state index contributed by atoms with van der Waals surface area (Å²) in [6, 6.07) is 0. The van der Waals surface area contributed by atoms with E-state index in [0.29, 0.717) is 11.8 Å². The maximum atomic E-state index is 12.1. The lowest BCUT2D eigenvalue weighted by Gasteiger charge is -2.41. The van der Waals surface area contributed by atoms with E-state index in [0.717, 1.165) is 58.4 Å². The standard InChI is InChI=1S/C19H37N3O3/c1-19(2,3)25-18(24)21(5)14-15-6-8-16(9-7-15)17(23)22-12-10-20(4)11-13-22/h15-17,23H,6-14H2,1-5H3. The minimum atomic E-state index is -0.449. The molecule has 2 fully saturated rings. The number of nitrogens with zero attached hydrogens (tertiary/aromatic N) is 3. The molecule has 1 N–H and O–H groups in total. The van der Waals surface area contributed by atoms with E-state index in [9.17, 15) is 9.90 Å². The second kappa shape index (κ2) is 8.69. The summed E-state index contributed by atoms with van der Waals surface area (Å²) in [7, 11) is 3.95. The smallest absolute Gasteiger partial charge is 0.410 e. The van der Waals surface area contributed by atoms with Crippen LogP contribution < -0.4 is 0 Å².